The maximum atomic E-state index is 13.1. The molecule has 0 aliphatic heterocycles. The van der Waals surface area contributed by atoms with Crippen LogP contribution in [0.3, 0.4) is 0 Å². The van der Waals surface area contributed by atoms with Gasteiger partial charge in [0.1, 0.15) is 11.6 Å². The first-order valence-corrected chi connectivity index (χ1v) is 5.35. The van der Waals surface area contributed by atoms with Crippen molar-refractivity contribution in [2.24, 2.45) is 0 Å². The normalized spacial score (nSPS) is 10.1. The van der Waals surface area contributed by atoms with Gasteiger partial charge in [-0.2, -0.15) is 0 Å². The van der Waals surface area contributed by atoms with E-state index in [-0.39, 0.29) is 22.2 Å². The number of amides is 1. The number of hydrogen-bond acceptors (Lipinski definition) is 3. The number of rotatable bonds is 2. The van der Waals surface area contributed by atoms with E-state index in [4.69, 9.17) is 11.6 Å². The molecule has 2 rings (SSSR count). The summed E-state index contributed by atoms with van der Waals surface area (Å²) in [5.74, 6) is -1.46. The van der Waals surface area contributed by atoms with Gasteiger partial charge in [0.15, 0.2) is 5.69 Å². The highest BCUT2D eigenvalue weighted by Gasteiger charge is 2.12. The molecule has 1 aromatic carbocycles. The van der Waals surface area contributed by atoms with Gasteiger partial charge in [0.2, 0.25) is 0 Å². The van der Waals surface area contributed by atoms with Crippen LogP contribution in [0.15, 0.2) is 36.5 Å². The van der Waals surface area contributed by atoms with E-state index in [0.717, 1.165) is 12.1 Å². The molecule has 0 saturated carbocycles. The largest absolute Gasteiger partial charge is 0.505 e. The minimum atomic E-state index is -0.644. The lowest BCUT2D eigenvalue weighted by Crippen LogP contribution is -2.13. The number of carbonyl (C=O) groups excluding carboxylic acids is 1. The molecule has 92 valence electrons. The fourth-order valence-corrected chi connectivity index (χ4v) is 1.61. The number of pyridine rings is 1. The first-order chi connectivity index (χ1) is 8.56. The van der Waals surface area contributed by atoms with Crippen molar-refractivity contribution in [2.45, 2.75) is 0 Å². The van der Waals surface area contributed by atoms with E-state index in [9.17, 15) is 14.3 Å². The number of halogens is 2. The van der Waals surface area contributed by atoms with Crippen LogP contribution in [-0.2, 0) is 0 Å². The van der Waals surface area contributed by atoms with E-state index in [1.54, 1.807) is 0 Å². The van der Waals surface area contributed by atoms with Gasteiger partial charge in [0.05, 0.1) is 0 Å². The Morgan fingerprint density at radius 2 is 2.17 bits per heavy atom. The van der Waals surface area contributed by atoms with Crippen LogP contribution in [0.2, 0.25) is 5.02 Å². The SMILES string of the molecule is O=C(Nc1cc(F)cc(Cl)c1)c1ncccc1O. The summed E-state index contributed by atoms with van der Waals surface area (Å²) in [5.41, 5.74) is 0.0490. The summed E-state index contributed by atoms with van der Waals surface area (Å²) in [4.78, 5) is 15.5. The van der Waals surface area contributed by atoms with Gasteiger partial charge < -0.3 is 10.4 Å². The summed E-state index contributed by atoms with van der Waals surface area (Å²) in [5, 5.41) is 12.0. The van der Waals surface area contributed by atoms with Crippen molar-refractivity contribution in [3.8, 4) is 5.75 Å². The second-order valence-corrected chi connectivity index (χ2v) is 3.92. The molecule has 0 unspecified atom stereocenters. The van der Waals surface area contributed by atoms with Crippen molar-refractivity contribution < 1.29 is 14.3 Å². The molecule has 0 aliphatic carbocycles. The second kappa shape index (κ2) is 5.01. The van der Waals surface area contributed by atoms with Crippen LogP contribution < -0.4 is 5.32 Å². The number of aromatic hydroxyl groups is 1. The van der Waals surface area contributed by atoms with Gasteiger partial charge in [-0.15, -0.1) is 0 Å². The van der Waals surface area contributed by atoms with Crippen molar-refractivity contribution in [2.75, 3.05) is 5.32 Å². The summed E-state index contributed by atoms with van der Waals surface area (Å²) >= 11 is 5.65. The highest BCUT2D eigenvalue weighted by molar-refractivity contribution is 6.31. The molecule has 2 aromatic rings. The molecule has 0 bridgehead atoms. The first-order valence-electron chi connectivity index (χ1n) is 4.97. The van der Waals surface area contributed by atoms with E-state index in [1.165, 1.54) is 24.4 Å². The van der Waals surface area contributed by atoms with Crippen LogP contribution in [0.25, 0.3) is 0 Å². The van der Waals surface area contributed by atoms with Gasteiger partial charge in [0.25, 0.3) is 5.91 Å². The third-order valence-electron chi connectivity index (χ3n) is 2.12. The second-order valence-electron chi connectivity index (χ2n) is 3.48. The van der Waals surface area contributed by atoms with Gasteiger partial charge in [0, 0.05) is 16.9 Å². The molecule has 0 fully saturated rings. The van der Waals surface area contributed by atoms with E-state index in [0.29, 0.717) is 0 Å². The minimum Gasteiger partial charge on any atom is -0.505 e. The third kappa shape index (κ3) is 2.75. The number of aromatic nitrogens is 1. The highest BCUT2D eigenvalue weighted by Crippen LogP contribution is 2.20. The third-order valence-corrected chi connectivity index (χ3v) is 2.34. The van der Waals surface area contributed by atoms with Crippen LogP contribution in [-0.4, -0.2) is 16.0 Å². The van der Waals surface area contributed by atoms with Crippen LogP contribution >= 0.6 is 11.6 Å². The van der Waals surface area contributed by atoms with Crippen LogP contribution in [0, 0.1) is 5.82 Å². The van der Waals surface area contributed by atoms with Crippen molar-refractivity contribution in [1.29, 1.82) is 0 Å². The molecule has 1 aromatic heterocycles. The molecule has 2 N–H and O–H groups in total. The zero-order chi connectivity index (χ0) is 13.1. The summed E-state index contributed by atoms with van der Waals surface area (Å²) in [6, 6.07) is 6.45. The standard InChI is InChI=1S/C12H8ClFN2O2/c13-7-4-8(14)6-9(5-7)16-12(18)11-10(17)2-1-3-15-11/h1-6,17H,(H,16,18). The molecule has 18 heavy (non-hydrogen) atoms. The van der Waals surface area contributed by atoms with Gasteiger partial charge in [-0.25, -0.2) is 9.37 Å². The number of benzene rings is 1. The first kappa shape index (κ1) is 12.3. The Kier molecular flexibility index (Phi) is 3.43. The predicted molar refractivity (Wildman–Crippen MR) is 65.3 cm³/mol. The number of nitrogens with zero attached hydrogens (tertiary/aromatic N) is 1. The quantitative estimate of drug-likeness (QED) is 0.879. The molecular formula is C12H8ClFN2O2. The van der Waals surface area contributed by atoms with Crippen LogP contribution in [0.5, 0.6) is 5.75 Å². The molecule has 0 spiro atoms. The predicted octanol–water partition coefficient (Wildman–Crippen LogP) is 2.83. The Hall–Kier alpha value is -2.14. The number of anilines is 1. The summed E-state index contributed by atoms with van der Waals surface area (Å²) in [7, 11) is 0. The van der Waals surface area contributed by atoms with Crippen molar-refractivity contribution in [3.05, 3.63) is 53.1 Å². The molecule has 1 amide bonds. The monoisotopic (exact) mass is 266 g/mol. The Morgan fingerprint density at radius 3 is 2.83 bits per heavy atom. The average Bonchev–Trinajstić information content (AvgIpc) is 2.27. The number of nitrogens with one attached hydrogen (secondary N) is 1. The lowest BCUT2D eigenvalue weighted by molar-refractivity contribution is 0.101. The van der Waals surface area contributed by atoms with Gasteiger partial charge in [-0.1, -0.05) is 11.6 Å². The van der Waals surface area contributed by atoms with Gasteiger partial charge in [-0.05, 0) is 30.3 Å². The zero-order valence-corrected chi connectivity index (χ0v) is 9.78. The van der Waals surface area contributed by atoms with Gasteiger partial charge in [-0.3, -0.25) is 4.79 Å². The summed E-state index contributed by atoms with van der Waals surface area (Å²) in [6.07, 6.45) is 1.37. The Labute approximate surface area is 107 Å². The Bertz CT molecular complexity index is 584. The number of hydrogen-bond donors (Lipinski definition) is 2. The van der Waals surface area contributed by atoms with Gasteiger partial charge >= 0.3 is 0 Å². The van der Waals surface area contributed by atoms with E-state index in [2.05, 4.69) is 10.3 Å². The molecule has 0 atom stereocenters. The summed E-state index contributed by atoms with van der Waals surface area (Å²) < 4.78 is 13.1. The lowest BCUT2D eigenvalue weighted by atomic mass is 10.2. The van der Waals surface area contributed by atoms with Crippen molar-refractivity contribution in [1.82, 2.24) is 4.98 Å². The van der Waals surface area contributed by atoms with E-state index < -0.39 is 11.7 Å². The van der Waals surface area contributed by atoms with Crippen molar-refractivity contribution in [3.63, 3.8) is 0 Å². The molecular weight excluding hydrogens is 259 g/mol. The average molecular weight is 267 g/mol. The Balaban J connectivity index is 2.24. The fraction of sp³-hybridized carbons (Fsp3) is 0. The molecule has 4 nitrogen and oxygen atoms in total. The molecule has 1 heterocycles. The topological polar surface area (TPSA) is 62.2 Å². The minimum absolute atomic E-state index is 0.141. The Morgan fingerprint density at radius 1 is 1.39 bits per heavy atom. The lowest BCUT2D eigenvalue weighted by Gasteiger charge is -2.06. The fourth-order valence-electron chi connectivity index (χ4n) is 1.39. The molecule has 0 radical (unpaired) electrons. The molecule has 6 heteroatoms. The maximum absolute atomic E-state index is 13.1. The van der Waals surface area contributed by atoms with Crippen molar-refractivity contribution >= 4 is 23.2 Å². The maximum Gasteiger partial charge on any atom is 0.278 e. The zero-order valence-electron chi connectivity index (χ0n) is 9.02. The molecule has 0 aliphatic rings. The smallest absolute Gasteiger partial charge is 0.278 e. The van der Waals surface area contributed by atoms with Crippen LogP contribution in [0.4, 0.5) is 10.1 Å². The van der Waals surface area contributed by atoms with Crippen LogP contribution in [0.1, 0.15) is 10.5 Å². The number of carbonyl (C=O) groups is 1. The van der Waals surface area contributed by atoms with E-state index >= 15 is 0 Å². The summed E-state index contributed by atoms with van der Waals surface area (Å²) in [6.45, 7) is 0. The van der Waals surface area contributed by atoms with E-state index in [1.807, 2.05) is 0 Å². The highest BCUT2D eigenvalue weighted by atomic mass is 35.5. The molecule has 0 saturated heterocycles.